The Morgan fingerprint density at radius 2 is 2.00 bits per heavy atom. The average molecular weight is 417 g/mol. The molecule has 0 radical (unpaired) electrons. The Balaban J connectivity index is 1.37. The van der Waals surface area contributed by atoms with Gasteiger partial charge in [0, 0.05) is 23.3 Å². The summed E-state index contributed by atoms with van der Waals surface area (Å²) in [6, 6.07) is 13.8. The maximum absolute atomic E-state index is 12.8. The van der Waals surface area contributed by atoms with Crippen LogP contribution in [0.1, 0.15) is 54.9 Å². The van der Waals surface area contributed by atoms with Crippen LogP contribution in [0.3, 0.4) is 0 Å². The molecular formula is C25H28N4O2. The zero-order valence-corrected chi connectivity index (χ0v) is 18.1. The van der Waals surface area contributed by atoms with Gasteiger partial charge in [0.2, 0.25) is 5.91 Å². The number of aryl methyl sites for hydroxylation is 2. The van der Waals surface area contributed by atoms with Crippen LogP contribution in [-0.4, -0.2) is 22.9 Å². The Morgan fingerprint density at radius 3 is 2.71 bits per heavy atom. The summed E-state index contributed by atoms with van der Waals surface area (Å²) in [5.41, 5.74) is 5.52. The lowest BCUT2D eigenvalue weighted by Gasteiger charge is -2.39. The number of anilines is 2. The van der Waals surface area contributed by atoms with E-state index in [0.717, 1.165) is 43.4 Å². The largest absolute Gasteiger partial charge is 0.326 e. The van der Waals surface area contributed by atoms with E-state index in [1.54, 1.807) is 6.07 Å². The third-order valence-corrected chi connectivity index (χ3v) is 6.63. The van der Waals surface area contributed by atoms with Gasteiger partial charge in [-0.05, 0) is 73.9 Å². The first kappa shape index (κ1) is 20.9. The molecule has 0 saturated heterocycles. The first-order chi connectivity index (χ1) is 15.0. The topological polar surface area (TPSA) is 85.2 Å². The van der Waals surface area contributed by atoms with Crippen LogP contribution in [0, 0.1) is 24.2 Å². The molecule has 31 heavy (non-hydrogen) atoms. The highest BCUT2D eigenvalue weighted by atomic mass is 16.2. The van der Waals surface area contributed by atoms with Gasteiger partial charge in [-0.15, -0.1) is 0 Å². The molecule has 2 aromatic carbocycles. The van der Waals surface area contributed by atoms with Gasteiger partial charge in [0.1, 0.15) is 0 Å². The Bertz CT molecular complexity index is 1050. The molecular weight excluding hydrogens is 388 g/mol. The number of hydrogen-bond donors (Lipinski definition) is 2. The number of carbonyl (C=O) groups excluding carboxylic acids is 2. The molecule has 6 heteroatoms. The number of amides is 3. The summed E-state index contributed by atoms with van der Waals surface area (Å²) < 4.78 is 0. The number of urea groups is 1. The van der Waals surface area contributed by atoms with Crippen LogP contribution >= 0.6 is 0 Å². The van der Waals surface area contributed by atoms with Crippen molar-refractivity contribution in [3.8, 4) is 6.07 Å². The third-order valence-electron chi connectivity index (χ3n) is 6.63. The van der Waals surface area contributed by atoms with E-state index in [4.69, 9.17) is 0 Å². The van der Waals surface area contributed by atoms with Crippen LogP contribution < -0.4 is 10.6 Å². The lowest BCUT2D eigenvalue weighted by Crippen LogP contribution is -2.47. The minimum Gasteiger partial charge on any atom is -0.326 e. The SMILES string of the molecule is CCc1ccc(NC(=O)C2CCC(N3Cc4c(C)cccc4NC3=O)CC2)cc1C#N. The fourth-order valence-electron chi connectivity index (χ4n) is 4.71. The molecule has 1 aliphatic heterocycles. The van der Waals surface area contributed by atoms with Gasteiger partial charge < -0.3 is 15.5 Å². The first-order valence-electron chi connectivity index (χ1n) is 11.0. The third kappa shape index (κ3) is 4.27. The highest BCUT2D eigenvalue weighted by Gasteiger charge is 2.34. The van der Waals surface area contributed by atoms with E-state index in [-0.39, 0.29) is 23.9 Å². The Morgan fingerprint density at radius 1 is 1.23 bits per heavy atom. The molecule has 0 atom stereocenters. The second-order valence-electron chi connectivity index (χ2n) is 8.49. The second kappa shape index (κ2) is 8.81. The van der Waals surface area contributed by atoms with Gasteiger partial charge in [-0.25, -0.2) is 4.79 Å². The maximum atomic E-state index is 12.8. The van der Waals surface area contributed by atoms with E-state index in [1.165, 1.54) is 11.1 Å². The molecule has 1 saturated carbocycles. The van der Waals surface area contributed by atoms with Gasteiger partial charge in [0.05, 0.1) is 18.2 Å². The van der Waals surface area contributed by atoms with Gasteiger partial charge in [0.15, 0.2) is 0 Å². The summed E-state index contributed by atoms with van der Waals surface area (Å²) in [7, 11) is 0. The zero-order valence-electron chi connectivity index (χ0n) is 18.1. The molecule has 2 aromatic rings. The molecule has 1 heterocycles. The molecule has 1 fully saturated rings. The van der Waals surface area contributed by atoms with Crippen molar-refractivity contribution < 1.29 is 9.59 Å². The molecule has 2 N–H and O–H groups in total. The van der Waals surface area contributed by atoms with Gasteiger partial charge >= 0.3 is 6.03 Å². The van der Waals surface area contributed by atoms with Crippen molar-refractivity contribution in [2.24, 2.45) is 5.92 Å². The molecule has 1 aliphatic carbocycles. The lowest BCUT2D eigenvalue weighted by molar-refractivity contribution is -0.121. The van der Waals surface area contributed by atoms with Crippen LogP contribution in [-0.2, 0) is 17.8 Å². The molecule has 4 rings (SSSR count). The monoisotopic (exact) mass is 416 g/mol. The van der Waals surface area contributed by atoms with Crippen molar-refractivity contribution in [2.75, 3.05) is 10.6 Å². The molecule has 0 spiro atoms. The van der Waals surface area contributed by atoms with E-state index >= 15 is 0 Å². The van der Waals surface area contributed by atoms with E-state index in [9.17, 15) is 14.9 Å². The smallest absolute Gasteiger partial charge is 0.322 e. The average Bonchev–Trinajstić information content (AvgIpc) is 2.79. The van der Waals surface area contributed by atoms with Crippen molar-refractivity contribution in [1.82, 2.24) is 4.90 Å². The summed E-state index contributed by atoms with van der Waals surface area (Å²) in [5.74, 6) is -0.0783. The molecule has 0 aromatic heterocycles. The number of nitrogens with zero attached hydrogens (tertiary/aromatic N) is 2. The number of carbonyl (C=O) groups is 2. The maximum Gasteiger partial charge on any atom is 0.322 e. The summed E-state index contributed by atoms with van der Waals surface area (Å²) in [6.07, 6.45) is 3.91. The van der Waals surface area contributed by atoms with Crippen molar-refractivity contribution in [3.63, 3.8) is 0 Å². The van der Waals surface area contributed by atoms with Crippen LogP contribution in [0.4, 0.5) is 16.2 Å². The summed E-state index contributed by atoms with van der Waals surface area (Å²) in [6.45, 7) is 4.70. The van der Waals surface area contributed by atoms with E-state index in [2.05, 4.69) is 29.7 Å². The zero-order chi connectivity index (χ0) is 22.0. The standard InChI is InChI=1S/C25H28N4O2/c1-3-17-7-10-20(13-19(17)14-26)27-24(30)18-8-11-21(12-9-18)29-15-22-16(2)5-4-6-23(22)28-25(29)31/h4-7,10,13,18,21H,3,8-9,11-12,15H2,1-2H3,(H,27,30)(H,28,31). The number of benzene rings is 2. The molecule has 2 aliphatic rings. The number of fused-ring (bicyclic) bond motifs is 1. The summed E-state index contributed by atoms with van der Waals surface area (Å²) in [5, 5.41) is 15.3. The minimum absolute atomic E-state index is 0.00382. The first-order valence-corrected chi connectivity index (χ1v) is 11.0. The molecule has 6 nitrogen and oxygen atoms in total. The number of hydrogen-bond acceptors (Lipinski definition) is 3. The van der Waals surface area contributed by atoms with E-state index in [0.29, 0.717) is 17.8 Å². The van der Waals surface area contributed by atoms with Crippen LogP contribution in [0.2, 0.25) is 0 Å². The molecule has 0 bridgehead atoms. The summed E-state index contributed by atoms with van der Waals surface area (Å²) >= 11 is 0. The normalized spacial score (nSPS) is 20.4. The number of nitrogens with one attached hydrogen (secondary N) is 2. The van der Waals surface area contributed by atoms with Gasteiger partial charge in [-0.3, -0.25) is 4.79 Å². The van der Waals surface area contributed by atoms with Crippen LogP contribution in [0.5, 0.6) is 0 Å². The fraction of sp³-hybridized carbons (Fsp3) is 0.400. The van der Waals surface area contributed by atoms with Crippen molar-refractivity contribution >= 4 is 23.3 Å². The molecule has 0 unspecified atom stereocenters. The molecule has 160 valence electrons. The summed E-state index contributed by atoms with van der Waals surface area (Å²) in [4.78, 5) is 27.4. The Labute approximate surface area is 183 Å². The number of rotatable bonds is 4. The van der Waals surface area contributed by atoms with Crippen molar-refractivity contribution in [3.05, 3.63) is 58.7 Å². The minimum atomic E-state index is -0.0745. The van der Waals surface area contributed by atoms with E-state index in [1.807, 2.05) is 36.1 Å². The Hall–Kier alpha value is -3.33. The van der Waals surface area contributed by atoms with Gasteiger partial charge in [0.25, 0.3) is 0 Å². The van der Waals surface area contributed by atoms with Crippen molar-refractivity contribution in [1.29, 1.82) is 5.26 Å². The van der Waals surface area contributed by atoms with E-state index < -0.39 is 0 Å². The predicted octanol–water partition coefficient (Wildman–Crippen LogP) is 4.97. The second-order valence-corrected chi connectivity index (χ2v) is 8.49. The number of nitriles is 1. The predicted molar refractivity (Wildman–Crippen MR) is 121 cm³/mol. The van der Waals surface area contributed by atoms with Crippen LogP contribution in [0.25, 0.3) is 0 Å². The van der Waals surface area contributed by atoms with Crippen molar-refractivity contribution in [2.45, 2.75) is 58.5 Å². The Kier molecular flexibility index (Phi) is 5.94. The van der Waals surface area contributed by atoms with Gasteiger partial charge in [-0.1, -0.05) is 25.1 Å². The quantitative estimate of drug-likeness (QED) is 0.737. The molecule has 3 amide bonds. The highest BCUT2D eigenvalue weighted by Crippen LogP contribution is 2.34. The highest BCUT2D eigenvalue weighted by molar-refractivity contribution is 5.94. The fourth-order valence-corrected chi connectivity index (χ4v) is 4.71. The van der Waals surface area contributed by atoms with Gasteiger partial charge in [-0.2, -0.15) is 5.26 Å². The lowest BCUT2D eigenvalue weighted by atomic mass is 9.84. The van der Waals surface area contributed by atoms with Crippen LogP contribution in [0.15, 0.2) is 36.4 Å².